The number of rotatable bonds is 7. The standard InChI is InChI=1S/C15H22N2O3/c1-2-7-16-9-12(18)10-20-13-5-3-11-4-6-15(19)17-14(11)8-13/h3,5,8,12,16,18H,2,4,6-7,9-10H2,1H3,(H,17,19). The first-order valence-corrected chi connectivity index (χ1v) is 7.13. The molecule has 0 saturated heterocycles. The van der Waals surface area contributed by atoms with E-state index in [1.54, 1.807) is 0 Å². The average molecular weight is 278 g/mol. The monoisotopic (exact) mass is 278 g/mol. The van der Waals surface area contributed by atoms with Gasteiger partial charge in [-0.25, -0.2) is 0 Å². The van der Waals surface area contributed by atoms with Crippen molar-refractivity contribution in [1.29, 1.82) is 0 Å². The summed E-state index contributed by atoms with van der Waals surface area (Å²) in [6, 6.07) is 5.66. The van der Waals surface area contributed by atoms with Crippen LogP contribution in [0.15, 0.2) is 18.2 Å². The Bertz CT molecular complexity index is 462. The van der Waals surface area contributed by atoms with E-state index in [9.17, 15) is 9.90 Å². The molecular weight excluding hydrogens is 256 g/mol. The van der Waals surface area contributed by atoms with Gasteiger partial charge >= 0.3 is 0 Å². The average Bonchev–Trinajstić information content (AvgIpc) is 2.45. The Morgan fingerprint density at radius 1 is 1.45 bits per heavy atom. The van der Waals surface area contributed by atoms with Gasteiger partial charge in [-0.15, -0.1) is 0 Å². The van der Waals surface area contributed by atoms with E-state index in [1.807, 2.05) is 18.2 Å². The Morgan fingerprint density at radius 2 is 2.30 bits per heavy atom. The number of aliphatic hydroxyl groups excluding tert-OH is 1. The van der Waals surface area contributed by atoms with Gasteiger partial charge in [0.2, 0.25) is 5.91 Å². The van der Waals surface area contributed by atoms with Crippen LogP contribution in [0.1, 0.15) is 25.3 Å². The predicted octanol–water partition coefficient (Wildman–Crippen LogP) is 1.31. The second-order valence-electron chi connectivity index (χ2n) is 5.04. The number of aliphatic hydroxyl groups is 1. The van der Waals surface area contributed by atoms with Gasteiger partial charge in [0.1, 0.15) is 18.5 Å². The summed E-state index contributed by atoms with van der Waals surface area (Å²) in [6.07, 6.45) is 1.81. The van der Waals surface area contributed by atoms with E-state index in [1.165, 1.54) is 0 Å². The van der Waals surface area contributed by atoms with E-state index in [0.29, 0.717) is 18.7 Å². The van der Waals surface area contributed by atoms with Crippen LogP contribution in [0.4, 0.5) is 5.69 Å². The van der Waals surface area contributed by atoms with Crippen molar-refractivity contribution in [3.8, 4) is 5.75 Å². The fourth-order valence-corrected chi connectivity index (χ4v) is 2.14. The Morgan fingerprint density at radius 3 is 3.10 bits per heavy atom. The number of fused-ring (bicyclic) bond motifs is 1. The number of aryl methyl sites for hydroxylation is 1. The first kappa shape index (κ1) is 14.8. The topological polar surface area (TPSA) is 70.6 Å². The van der Waals surface area contributed by atoms with Crippen LogP contribution in [-0.2, 0) is 11.2 Å². The summed E-state index contributed by atoms with van der Waals surface area (Å²) in [5, 5.41) is 15.7. The number of anilines is 1. The van der Waals surface area contributed by atoms with Gasteiger partial charge in [0.15, 0.2) is 0 Å². The molecule has 0 saturated carbocycles. The molecule has 0 fully saturated rings. The summed E-state index contributed by atoms with van der Waals surface area (Å²) in [5.74, 6) is 0.707. The summed E-state index contributed by atoms with van der Waals surface area (Å²) in [7, 11) is 0. The van der Waals surface area contributed by atoms with Crippen LogP contribution in [0.5, 0.6) is 5.75 Å². The number of hydrogen-bond acceptors (Lipinski definition) is 4. The summed E-state index contributed by atoms with van der Waals surface area (Å²) in [4.78, 5) is 11.3. The SMILES string of the molecule is CCCNCC(O)COc1ccc2c(c1)NC(=O)CC2. The number of nitrogens with one attached hydrogen (secondary N) is 2. The lowest BCUT2D eigenvalue weighted by atomic mass is 10.0. The lowest BCUT2D eigenvalue weighted by Gasteiger charge is -2.18. The molecule has 0 aliphatic carbocycles. The van der Waals surface area contributed by atoms with E-state index >= 15 is 0 Å². The van der Waals surface area contributed by atoms with Gasteiger partial charge in [-0.3, -0.25) is 4.79 Å². The maximum Gasteiger partial charge on any atom is 0.224 e. The molecule has 5 heteroatoms. The second-order valence-corrected chi connectivity index (χ2v) is 5.04. The van der Waals surface area contributed by atoms with Crippen molar-refractivity contribution in [3.05, 3.63) is 23.8 Å². The zero-order valence-electron chi connectivity index (χ0n) is 11.8. The molecule has 20 heavy (non-hydrogen) atoms. The molecule has 110 valence electrons. The normalized spacial score (nSPS) is 15.4. The summed E-state index contributed by atoms with van der Waals surface area (Å²) >= 11 is 0. The molecule has 1 heterocycles. The van der Waals surface area contributed by atoms with Gasteiger partial charge < -0.3 is 20.5 Å². The van der Waals surface area contributed by atoms with Crippen LogP contribution in [0.2, 0.25) is 0 Å². The molecule has 0 spiro atoms. The molecule has 1 amide bonds. The smallest absolute Gasteiger partial charge is 0.224 e. The van der Waals surface area contributed by atoms with Crippen molar-refractivity contribution in [3.63, 3.8) is 0 Å². The minimum absolute atomic E-state index is 0.0402. The van der Waals surface area contributed by atoms with Crippen LogP contribution < -0.4 is 15.4 Å². The molecule has 2 rings (SSSR count). The van der Waals surface area contributed by atoms with Crippen molar-refractivity contribution >= 4 is 11.6 Å². The number of ether oxygens (including phenoxy) is 1. The van der Waals surface area contributed by atoms with Gasteiger partial charge in [-0.1, -0.05) is 13.0 Å². The lowest BCUT2D eigenvalue weighted by molar-refractivity contribution is -0.116. The highest BCUT2D eigenvalue weighted by molar-refractivity contribution is 5.94. The number of carbonyl (C=O) groups is 1. The molecule has 1 aliphatic heterocycles. The van der Waals surface area contributed by atoms with E-state index in [-0.39, 0.29) is 12.5 Å². The minimum atomic E-state index is -0.535. The molecule has 1 aromatic rings. The van der Waals surface area contributed by atoms with E-state index < -0.39 is 6.10 Å². The van der Waals surface area contributed by atoms with Gasteiger partial charge in [-0.05, 0) is 31.0 Å². The molecule has 3 N–H and O–H groups in total. The van der Waals surface area contributed by atoms with E-state index in [0.717, 1.165) is 30.6 Å². The predicted molar refractivity (Wildman–Crippen MR) is 78.1 cm³/mol. The van der Waals surface area contributed by atoms with Crippen molar-refractivity contribution in [1.82, 2.24) is 5.32 Å². The summed E-state index contributed by atoms with van der Waals surface area (Å²) < 4.78 is 5.56. The van der Waals surface area contributed by atoms with E-state index in [4.69, 9.17) is 4.74 Å². The number of hydrogen-bond donors (Lipinski definition) is 3. The van der Waals surface area contributed by atoms with Gasteiger partial charge in [0.05, 0.1) is 0 Å². The lowest BCUT2D eigenvalue weighted by Crippen LogP contribution is -2.31. The van der Waals surface area contributed by atoms with Crippen LogP contribution in [0.25, 0.3) is 0 Å². The first-order chi connectivity index (χ1) is 9.69. The Kier molecular flexibility index (Phi) is 5.38. The Balaban J connectivity index is 1.84. The highest BCUT2D eigenvalue weighted by atomic mass is 16.5. The quantitative estimate of drug-likeness (QED) is 0.658. The number of amides is 1. The molecule has 1 aliphatic rings. The van der Waals surface area contributed by atoms with Gasteiger partial charge in [-0.2, -0.15) is 0 Å². The van der Waals surface area contributed by atoms with Crippen molar-refractivity contribution in [2.45, 2.75) is 32.3 Å². The maximum absolute atomic E-state index is 11.3. The summed E-state index contributed by atoms with van der Waals surface area (Å²) in [5.41, 5.74) is 1.94. The third-order valence-electron chi connectivity index (χ3n) is 3.23. The van der Waals surface area contributed by atoms with Crippen LogP contribution >= 0.6 is 0 Å². The molecule has 1 unspecified atom stereocenters. The van der Waals surface area contributed by atoms with Crippen molar-refractivity contribution < 1.29 is 14.6 Å². The number of carbonyl (C=O) groups excluding carboxylic acids is 1. The highest BCUT2D eigenvalue weighted by Crippen LogP contribution is 2.27. The second kappa shape index (κ2) is 7.26. The summed E-state index contributed by atoms with van der Waals surface area (Å²) in [6.45, 7) is 3.73. The third kappa shape index (κ3) is 4.21. The van der Waals surface area contributed by atoms with Gasteiger partial charge in [0, 0.05) is 24.7 Å². The Hall–Kier alpha value is -1.59. The van der Waals surface area contributed by atoms with Gasteiger partial charge in [0.25, 0.3) is 0 Å². The van der Waals surface area contributed by atoms with Crippen LogP contribution in [0.3, 0.4) is 0 Å². The zero-order valence-corrected chi connectivity index (χ0v) is 11.8. The molecule has 5 nitrogen and oxygen atoms in total. The largest absolute Gasteiger partial charge is 0.491 e. The van der Waals surface area contributed by atoms with Crippen LogP contribution in [-0.4, -0.2) is 36.8 Å². The fraction of sp³-hybridized carbons (Fsp3) is 0.533. The Labute approximate surface area is 119 Å². The molecule has 0 bridgehead atoms. The minimum Gasteiger partial charge on any atom is -0.491 e. The molecule has 0 aromatic heterocycles. The highest BCUT2D eigenvalue weighted by Gasteiger charge is 2.15. The van der Waals surface area contributed by atoms with Crippen molar-refractivity contribution in [2.24, 2.45) is 0 Å². The molecule has 1 aromatic carbocycles. The first-order valence-electron chi connectivity index (χ1n) is 7.13. The molecule has 0 radical (unpaired) electrons. The van der Waals surface area contributed by atoms with Crippen LogP contribution in [0, 0.1) is 0 Å². The zero-order chi connectivity index (χ0) is 14.4. The molecule has 1 atom stereocenters. The number of benzene rings is 1. The fourth-order valence-electron chi connectivity index (χ4n) is 2.14. The van der Waals surface area contributed by atoms with E-state index in [2.05, 4.69) is 17.6 Å². The van der Waals surface area contributed by atoms with Crippen molar-refractivity contribution in [2.75, 3.05) is 25.0 Å². The molecular formula is C15H22N2O3. The third-order valence-corrected chi connectivity index (χ3v) is 3.23. The maximum atomic E-state index is 11.3.